The first-order chi connectivity index (χ1) is 10.9. The first kappa shape index (κ1) is 17.7. The number of methoxy groups -OCH3 is 1. The van der Waals surface area contributed by atoms with E-state index in [1.54, 1.807) is 12.0 Å². The Hall–Kier alpha value is -1.60. The zero-order valence-corrected chi connectivity index (χ0v) is 14.4. The molecule has 1 N–H and O–H groups in total. The first-order valence-corrected chi connectivity index (χ1v) is 9.57. The fourth-order valence-electron chi connectivity index (χ4n) is 2.65. The van der Waals surface area contributed by atoms with Gasteiger partial charge in [-0.15, -0.1) is 0 Å². The molecule has 6 nitrogen and oxygen atoms in total. The van der Waals surface area contributed by atoms with Crippen molar-refractivity contribution in [2.75, 3.05) is 31.7 Å². The summed E-state index contributed by atoms with van der Waals surface area (Å²) < 4.78 is 28.8. The lowest BCUT2D eigenvalue weighted by Gasteiger charge is -2.27. The standard InChI is InChI=1S/C16H24N2O4S/c1-13-8-10-23(20,21)11-9-18(13)16(19)17-12-15(22-2)14-6-4-3-5-7-14/h3-7,13,15H,8-12H2,1-2H3,(H,17,19)/t13-,15+/m1/s1. The third-order valence-electron chi connectivity index (χ3n) is 4.18. The predicted octanol–water partition coefficient (Wildman–Crippen LogP) is 1.59. The van der Waals surface area contributed by atoms with Crippen LogP contribution in [0.25, 0.3) is 0 Å². The van der Waals surface area contributed by atoms with Crippen LogP contribution < -0.4 is 5.32 Å². The van der Waals surface area contributed by atoms with Crippen molar-refractivity contribution in [1.82, 2.24) is 10.2 Å². The molecule has 0 saturated carbocycles. The Kier molecular flexibility index (Phi) is 6.01. The molecule has 1 fully saturated rings. The number of urea groups is 1. The summed E-state index contributed by atoms with van der Waals surface area (Å²) in [5.41, 5.74) is 0.988. The van der Waals surface area contributed by atoms with E-state index in [4.69, 9.17) is 4.74 Å². The van der Waals surface area contributed by atoms with E-state index in [0.717, 1.165) is 5.56 Å². The van der Waals surface area contributed by atoms with Crippen molar-refractivity contribution in [3.05, 3.63) is 35.9 Å². The van der Waals surface area contributed by atoms with Crippen molar-refractivity contribution in [3.8, 4) is 0 Å². The highest BCUT2D eigenvalue weighted by Crippen LogP contribution is 2.16. The molecule has 2 atom stereocenters. The molecule has 0 radical (unpaired) electrons. The normalized spacial score (nSPS) is 22.2. The summed E-state index contributed by atoms with van der Waals surface area (Å²) in [6, 6.07) is 9.32. The number of hydrogen-bond acceptors (Lipinski definition) is 4. The minimum absolute atomic E-state index is 0.0250. The monoisotopic (exact) mass is 340 g/mol. The Morgan fingerprint density at radius 1 is 1.35 bits per heavy atom. The highest BCUT2D eigenvalue weighted by Gasteiger charge is 2.28. The van der Waals surface area contributed by atoms with Crippen LogP contribution in [0.1, 0.15) is 25.0 Å². The van der Waals surface area contributed by atoms with Crippen LogP contribution in [-0.2, 0) is 14.6 Å². The molecule has 0 aliphatic carbocycles. The molecule has 0 spiro atoms. The molecule has 1 aliphatic heterocycles. The van der Waals surface area contributed by atoms with Gasteiger partial charge in [0, 0.05) is 26.2 Å². The van der Waals surface area contributed by atoms with Crippen LogP contribution in [0.15, 0.2) is 30.3 Å². The summed E-state index contributed by atoms with van der Waals surface area (Å²) in [5.74, 6) is 0.166. The van der Waals surface area contributed by atoms with Crippen molar-refractivity contribution in [1.29, 1.82) is 0 Å². The average molecular weight is 340 g/mol. The zero-order chi connectivity index (χ0) is 16.9. The predicted molar refractivity (Wildman–Crippen MR) is 89.0 cm³/mol. The number of benzene rings is 1. The second-order valence-corrected chi connectivity index (χ2v) is 8.11. The van der Waals surface area contributed by atoms with Gasteiger partial charge in [0.25, 0.3) is 0 Å². The fraction of sp³-hybridized carbons (Fsp3) is 0.562. The minimum atomic E-state index is -3.04. The summed E-state index contributed by atoms with van der Waals surface area (Å²) >= 11 is 0. The largest absolute Gasteiger partial charge is 0.375 e. The van der Waals surface area contributed by atoms with Crippen LogP contribution in [0.5, 0.6) is 0 Å². The number of rotatable bonds is 4. The number of ether oxygens (including phenoxy) is 1. The second-order valence-electron chi connectivity index (χ2n) is 5.80. The van der Waals surface area contributed by atoms with Crippen LogP contribution in [-0.4, -0.2) is 57.1 Å². The lowest BCUT2D eigenvalue weighted by Crippen LogP contribution is -2.46. The maximum Gasteiger partial charge on any atom is 0.317 e. The van der Waals surface area contributed by atoms with Gasteiger partial charge >= 0.3 is 6.03 Å². The van der Waals surface area contributed by atoms with Crippen molar-refractivity contribution in [2.45, 2.75) is 25.5 Å². The van der Waals surface area contributed by atoms with E-state index in [0.29, 0.717) is 13.0 Å². The molecule has 7 heteroatoms. The number of nitrogens with zero attached hydrogens (tertiary/aromatic N) is 1. The molecule has 1 heterocycles. The maximum absolute atomic E-state index is 12.4. The summed E-state index contributed by atoms with van der Waals surface area (Å²) in [5, 5.41) is 2.85. The van der Waals surface area contributed by atoms with E-state index < -0.39 is 9.84 Å². The topological polar surface area (TPSA) is 75.7 Å². The quantitative estimate of drug-likeness (QED) is 0.903. The molecule has 1 aromatic rings. The molecule has 23 heavy (non-hydrogen) atoms. The first-order valence-electron chi connectivity index (χ1n) is 7.75. The van der Waals surface area contributed by atoms with Crippen LogP contribution >= 0.6 is 0 Å². The van der Waals surface area contributed by atoms with Crippen molar-refractivity contribution >= 4 is 15.9 Å². The maximum atomic E-state index is 12.4. The van der Waals surface area contributed by atoms with Gasteiger partial charge in [0.15, 0.2) is 9.84 Å². The van der Waals surface area contributed by atoms with Crippen molar-refractivity contribution in [3.63, 3.8) is 0 Å². The number of sulfone groups is 1. The molecule has 1 aliphatic rings. The third-order valence-corrected chi connectivity index (χ3v) is 5.84. The minimum Gasteiger partial charge on any atom is -0.375 e. The number of amides is 2. The molecule has 0 unspecified atom stereocenters. The lowest BCUT2D eigenvalue weighted by atomic mass is 10.1. The molecule has 2 rings (SSSR count). The van der Waals surface area contributed by atoms with Gasteiger partial charge in [0.2, 0.25) is 0 Å². The second kappa shape index (κ2) is 7.79. The summed E-state index contributed by atoms with van der Waals surface area (Å²) in [6.07, 6.45) is 0.244. The molecule has 1 saturated heterocycles. The molecule has 1 aromatic carbocycles. The van der Waals surface area contributed by atoms with E-state index in [1.165, 1.54) is 0 Å². The summed E-state index contributed by atoms with van der Waals surface area (Å²) in [6.45, 7) is 2.46. The van der Waals surface area contributed by atoms with Gasteiger partial charge < -0.3 is 15.0 Å². The average Bonchev–Trinajstić information content (AvgIpc) is 2.67. The van der Waals surface area contributed by atoms with E-state index in [-0.39, 0.29) is 36.2 Å². The third kappa shape index (κ3) is 4.94. The Morgan fingerprint density at radius 2 is 2.04 bits per heavy atom. The summed E-state index contributed by atoms with van der Waals surface area (Å²) in [4.78, 5) is 14.0. The Bertz CT molecular complexity index is 618. The smallest absolute Gasteiger partial charge is 0.317 e. The number of carbonyl (C=O) groups is 1. The fourth-order valence-corrected chi connectivity index (χ4v) is 4.03. The molecule has 0 bridgehead atoms. The number of carbonyl (C=O) groups excluding carboxylic acids is 1. The van der Waals surface area contributed by atoms with Crippen LogP contribution in [0, 0.1) is 0 Å². The highest BCUT2D eigenvalue weighted by molar-refractivity contribution is 7.91. The molecular weight excluding hydrogens is 316 g/mol. The van der Waals surface area contributed by atoms with E-state index in [2.05, 4.69) is 5.32 Å². The van der Waals surface area contributed by atoms with Crippen LogP contribution in [0.4, 0.5) is 4.79 Å². The summed E-state index contributed by atoms with van der Waals surface area (Å²) in [7, 11) is -1.44. The van der Waals surface area contributed by atoms with Crippen molar-refractivity contribution in [2.24, 2.45) is 0 Å². The van der Waals surface area contributed by atoms with Crippen LogP contribution in [0.2, 0.25) is 0 Å². The molecular formula is C16H24N2O4S. The van der Waals surface area contributed by atoms with Gasteiger partial charge in [-0.3, -0.25) is 0 Å². The molecule has 0 aromatic heterocycles. The van der Waals surface area contributed by atoms with Gasteiger partial charge in [-0.25, -0.2) is 13.2 Å². The van der Waals surface area contributed by atoms with Gasteiger partial charge in [-0.2, -0.15) is 0 Å². The van der Waals surface area contributed by atoms with Gasteiger partial charge in [-0.05, 0) is 18.9 Å². The Labute approximate surface area is 137 Å². The van der Waals surface area contributed by atoms with Crippen molar-refractivity contribution < 1.29 is 17.9 Å². The van der Waals surface area contributed by atoms with E-state index >= 15 is 0 Å². The SMILES string of the molecule is CO[C@@H](CNC(=O)N1CCS(=O)(=O)CC[C@H]1C)c1ccccc1. The highest BCUT2D eigenvalue weighted by atomic mass is 32.2. The lowest BCUT2D eigenvalue weighted by molar-refractivity contribution is 0.100. The zero-order valence-electron chi connectivity index (χ0n) is 13.6. The van der Waals surface area contributed by atoms with Gasteiger partial charge in [0.05, 0.1) is 17.6 Å². The van der Waals surface area contributed by atoms with Gasteiger partial charge in [-0.1, -0.05) is 30.3 Å². The van der Waals surface area contributed by atoms with E-state index in [1.807, 2.05) is 37.3 Å². The van der Waals surface area contributed by atoms with Crippen LogP contribution in [0.3, 0.4) is 0 Å². The Morgan fingerprint density at radius 3 is 2.70 bits per heavy atom. The number of hydrogen-bond donors (Lipinski definition) is 1. The number of nitrogens with one attached hydrogen (secondary N) is 1. The molecule has 128 valence electrons. The van der Waals surface area contributed by atoms with E-state index in [9.17, 15) is 13.2 Å². The van der Waals surface area contributed by atoms with Gasteiger partial charge in [0.1, 0.15) is 0 Å². The Balaban J connectivity index is 1.95. The molecule has 2 amide bonds.